The molecular weight excluding hydrogens is 310 g/mol. The summed E-state index contributed by atoms with van der Waals surface area (Å²) < 4.78 is 1.18. The maximum absolute atomic E-state index is 3.80. The van der Waals surface area contributed by atoms with Gasteiger partial charge in [-0.1, -0.05) is 58.4 Å². The largest absolute Gasteiger partial charge is 0.303 e. The zero-order valence-corrected chi connectivity index (χ0v) is 13.4. The zero-order chi connectivity index (χ0) is 13.9. The first kappa shape index (κ1) is 13.8. The molecule has 1 N–H and O–H groups in total. The normalized spacial score (nSPS) is 19.4. The molecule has 1 nitrogen and oxygen atoms in total. The summed E-state index contributed by atoms with van der Waals surface area (Å²) in [6.07, 6.45) is 3.72. The van der Waals surface area contributed by atoms with Gasteiger partial charge in [-0.15, -0.1) is 0 Å². The van der Waals surface area contributed by atoms with Crippen LogP contribution in [-0.4, -0.2) is 0 Å². The Bertz CT molecular complexity index is 593. The number of rotatable bonds is 3. The molecule has 20 heavy (non-hydrogen) atoms. The Morgan fingerprint density at radius 3 is 2.70 bits per heavy atom. The Morgan fingerprint density at radius 2 is 1.85 bits per heavy atom. The third kappa shape index (κ3) is 2.82. The van der Waals surface area contributed by atoms with E-state index in [1.54, 1.807) is 0 Å². The lowest BCUT2D eigenvalue weighted by Crippen LogP contribution is -2.27. The smallest absolute Gasteiger partial charge is 0.0328 e. The summed E-state index contributed by atoms with van der Waals surface area (Å²) in [7, 11) is 0. The average molecular weight is 330 g/mol. The highest BCUT2D eigenvalue weighted by Gasteiger charge is 2.21. The van der Waals surface area contributed by atoms with E-state index in [-0.39, 0.29) is 0 Å². The molecular formula is C18H20BrN. The van der Waals surface area contributed by atoms with Crippen LogP contribution < -0.4 is 5.32 Å². The van der Waals surface area contributed by atoms with Gasteiger partial charge in [-0.25, -0.2) is 0 Å². The summed E-state index contributed by atoms with van der Waals surface area (Å²) in [5.41, 5.74) is 4.32. The van der Waals surface area contributed by atoms with Crippen LogP contribution >= 0.6 is 15.9 Å². The van der Waals surface area contributed by atoms with Gasteiger partial charge in [0.05, 0.1) is 0 Å². The topological polar surface area (TPSA) is 12.0 Å². The van der Waals surface area contributed by atoms with Gasteiger partial charge >= 0.3 is 0 Å². The third-order valence-electron chi connectivity index (χ3n) is 4.19. The molecule has 0 saturated carbocycles. The van der Waals surface area contributed by atoms with Crippen molar-refractivity contribution in [2.24, 2.45) is 0 Å². The average Bonchev–Trinajstić information content (AvgIpc) is 2.48. The fourth-order valence-electron chi connectivity index (χ4n) is 3.14. The molecule has 1 aliphatic rings. The lowest BCUT2D eigenvalue weighted by molar-refractivity contribution is 0.415. The van der Waals surface area contributed by atoms with E-state index in [9.17, 15) is 0 Å². The van der Waals surface area contributed by atoms with Crippen LogP contribution in [0.25, 0.3) is 0 Å². The van der Waals surface area contributed by atoms with E-state index in [0.717, 1.165) is 0 Å². The van der Waals surface area contributed by atoms with Crippen molar-refractivity contribution >= 4 is 15.9 Å². The highest BCUT2D eigenvalue weighted by atomic mass is 79.9. The Morgan fingerprint density at radius 1 is 1.10 bits per heavy atom. The minimum Gasteiger partial charge on any atom is -0.303 e. The van der Waals surface area contributed by atoms with E-state index >= 15 is 0 Å². The van der Waals surface area contributed by atoms with E-state index < -0.39 is 0 Å². The van der Waals surface area contributed by atoms with Gasteiger partial charge < -0.3 is 5.32 Å². The van der Waals surface area contributed by atoms with Gasteiger partial charge in [-0.2, -0.15) is 0 Å². The van der Waals surface area contributed by atoms with Crippen LogP contribution in [0.15, 0.2) is 53.0 Å². The van der Waals surface area contributed by atoms with Crippen LogP contribution in [0.1, 0.15) is 48.5 Å². The van der Waals surface area contributed by atoms with Gasteiger partial charge in [0.1, 0.15) is 0 Å². The fraction of sp³-hybridized carbons (Fsp3) is 0.333. The van der Waals surface area contributed by atoms with E-state index in [1.807, 2.05) is 0 Å². The summed E-state index contributed by atoms with van der Waals surface area (Å²) in [6.45, 7) is 2.25. The van der Waals surface area contributed by atoms with Crippen molar-refractivity contribution in [1.29, 1.82) is 0 Å². The van der Waals surface area contributed by atoms with Crippen molar-refractivity contribution in [2.75, 3.05) is 0 Å². The number of halogens is 1. The Hall–Kier alpha value is -1.12. The predicted octanol–water partition coefficient (Wildman–Crippen LogP) is 5.18. The van der Waals surface area contributed by atoms with Crippen molar-refractivity contribution in [1.82, 2.24) is 5.32 Å². The predicted molar refractivity (Wildman–Crippen MR) is 87.8 cm³/mol. The van der Waals surface area contributed by atoms with Gasteiger partial charge in [-0.3, -0.25) is 0 Å². The minimum atomic E-state index is 0.349. The molecule has 0 saturated heterocycles. The van der Waals surface area contributed by atoms with E-state index in [4.69, 9.17) is 0 Å². The van der Waals surface area contributed by atoms with E-state index in [0.29, 0.717) is 12.1 Å². The van der Waals surface area contributed by atoms with Crippen LogP contribution in [0, 0.1) is 0 Å². The second kappa shape index (κ2) is 6.11. The monoisotopic (exact) mass is 329 g/mol. The van der Waals surface area contributed by atoms with Crippen molar-refractivity contribution in [3.8, 4) is 0 Å². The van der Waals surface area contributed by atoms with Crippen LogP contribution in [0.3, 0.4) is 0 Å². The van der Waals surface area contributed by atoms with Crippen molar-refractivity contribution < 1.29 is 0 Å². The van der Waals surface area contributed by atoms with Crippen molar-refractivity contribution in [2.45, 2.75) is 38.3 Å². The molecule has 2 heteroatoms. The SMILES string of the molecule is C[C@H](NC1CCCc2ccccc21)c1ccccc1Br. The summed E-state index contributed by atoms with van der Waals surface area (Å²) in [4.78, 5) is 0. The molecule has 0 heterocycles. The maximum atomic E-state index is 3.80. The van der Waals surface area contributed by atoms with Crippen LogP contribution in [0.4, 0.5) is 0 Å². The number of nitrogens with one attached hydrogen (secondary N) is 1. The standard InChI is InChI=1S/C18H20BrN/c1-13(15-9-4-5-11-17(15)19)20-18-12-6-8-14-7-2-3-10-16(14)18/h2-5,7,9-11,13,18,20H,6,8,12H2,1H3/t13-,18?/m0/s1. The number of hydrogen-bond acceptors (Lipinski definition) is 1. The quantitative estimate of drug-likeness (QED) is 0.818. The third-order valence-corrected chi connectivity index (χ3v) is 4.91. The molecule has 0 bridgehead atoms. The molecule has 1 aliphatic carbocycles. The molecule has 0 aliphatic heterocycles. The molecule has 0 aromatic heterocycles. The second-order valence-corrected chi connectivity index (χ2v) is 6.41. The van der Waals surface area contributed by atoms with Gasteiger partial charge in [-0.05, 0) is 48.9 Å². The number of benzene rings is 2. The molecule has 0 amide bonds. The van der Waals surface area contributed by atoms with Gasteiger partial charge in [0, 0.05) is 16.6 Å². The van der Waals surface area contributed by atoms with Crippen molar-refractivity contribution in [3.63, 3.8) is 0 Å². The molecule has 2 atom stereocenters. The van der Waals surface area contributed by atoms with E-state index in [1.165, 1.54) is 40.4 Å². The maximum Gasteiger partial charge on any atom is 0.0328 e. The van der Waals surface area contributed by atoms with Gasteiger partial charge in [0.2, 0.25) is 0 Å². The molecule has 0 spiro atoms. The Kier molecular flexibility index (Phi) is 4.23. The number of hydrogen-bond donors (Lipinski definition) is 1. The molecule has 0 radical (unpaired) electrons. The Labute approximate surface area is 129 Å². The zero-order valence-electron chi connectivity index (χ0n) is 11.8. The summed E-state index contributed by atoms with van der Waals surface area (Å²) >= 11 is 3.65. The number of aryl methyl sites for hydroxylation is 1. The lowest BCUT2D eigenvalue weighted by atomic mass is 9.87. The lowest BCUT2D eigenvalue weighted by Gasteiger charge is -2.29. The minimum absolute atomic E-state index is 0.349. The molecule has 2 aromatic carbocycles. The fourth-order valence-corrected chi connectivity index (χ4v) is 3.77. The molecule has 3 rings (SSSR count). The van der Waals surface area contributed by atoms with E-state index in [2.05, 4.69) is 76.7 Å². The van der Waals surface area contributed by atoms with Crippen LogP contribution in [-0.2, 0) is 6.42 Å². The first-order valence-electron chi connectivity index (χ1n) is 7.34. The van der Waals surface area contributed by atoms with Crippen LogP contribution in [0.2, 0.25) is 0 Å². The first-order chi connectivity index (χ1) is 9.75. The van der Waals surface area contributed by atoms with Gasteiger partial charge in [0.25, 0.3) is 0 Å². The number of fused-ring (bicyclic) bond motifs is 1. The molecule has 1 unspecified atom stereocenters. The van der Waals surface area contributed by atoms with Gasteiger partial charge in [0.15, 0.2) is 0 Å². The molecule has 0 fully saturated rings. The highest BCUT2D eigenvalue weighted by Crippen LogP contribution is 2.32. The first-order valence-corrected chi connectivity index (χ1v) is 8.13. The summed E-state index contributed by atoms with van der Waals surface area (Å²) in [6, 6.07) is 18.2. The highest BCUT2D eigenvalue weighted by molar-refractivity contribution is 9.10. The molecule has 2 aromatic rings. The second-order valence-electron chi connectivity index (χ2n) is 5.55. The Balaban J connectivity index is 1.81. The molecule has 104 valence electrons. The van der Waals surface area contributed by atoms with Crippen molar-refractivity contribution in [3.05, 3.63) is 69.7 Å². The summed E-state index contributed by atoms with van der Waals surface area (Å²) in [5, 5.41) is 3.80. The van der Waals surface area contributed by atoms with Crippen LogP contribution in [0.5, 0.6) is 0 Å². The summed E-state index contributed by atoms with van der Waals surface area (Å²) in [5.74, 6) is 0.